The molecule has 1 fully saturated rings. The molecule has 2 N–H and O–H groups in total. The third-order valence-electron chi connectivity index (χ3n) is 4.04. The number of aromatic hydroxyl groups is 1. The van der Waals surface area contributed by atoms with Gasteiger partial charge in [0.15, 0.2) is 0 Å². The van der Waals surface area contributed by atoms with Crippen LogP contribution >= 0.6 is 0 Å². The zero-order valence-corrected chi connectivity index (χ0v) is 11.5. The van der Waals surface area contributed by atoms with Gasteiger partial charge in [-0.1, -0.05) is 13.0 Å². The lowest BCUT2D eigenvalue weighted by Gasteiger charge is -2.36. The van der Waals surface area contributed by atoms with Gasteiger partial charge in [0.2, 0.25) is 0 Å². The van der Waals surface area contributed by atoms with E-state index in [-0.39, 0.29) is 23.7 Å². The van der Waals surface area contributed by atoms with E-state index >= 15 is 0 Å². The van der Waals surface area contributed by atoms with E-state index in [2.05, 4.69) is 0 Å². The quantitative estimate of drug-likeness (QED) is 0.857. The maximum Gasteiger partial charge on any atom is 0.254 e. The van der Waals surface area contributed by atoms with Crippen molar-refractivity contribution in [1.82, 2.24) is 4.90 Å². The molecule has 4 heteroatoms. The van der Waals surface area contributed by atoms with Crippen molar-refractivity contribution < 1.29 is 15.0 Å². The number of aliphatic hydroxyl groups excluding tert-OH is 1. The van der Waals surface area contributed by atoms with Crippen molar-refractivity contribution in [2.24, 2.45) is 5.92 Å². The normalized spacial score (nSPS) is 23.4. The molecule has 0 radical (unpaired) electrons. The van der Waals surface area contributed by atoms with Crippen molar-refractivity contribution in [3.63, 3.8) is 0 Å². The first kappa shape index (κ1) is 13.9. The minimum Gasteiger partial charge on any atom is -0.508 e. The molecular formula is C15H21NO3. The Morgan fingerprint density at radius 1 is 1.47 bits per heavy atom. The van der Waals surface area contributed by atoms with Crippen molar-refractivity contribution in [3.8, 4) is 5.75 Å². The Bertz CT molecular complexity index is 472. The maximum atomic E-state index is 12.5. The third kappa shape index (κ3) is 2.73. The molecule has 1 aromatic rings. The Morgan fingerprint density at radius 2 is 2.21 bits per heavy atom. The van der Waals surface area contributed by atoms with Gasteiger partial charge < -0.3 is 15.1 Å². The van der Waals surface area contributed by atoms with Crippen LogP contribution in [0, 0.1) is 12.8 Å². The van der Waals surface area contributed by atoms with Crippen LogP contribution in [0.3, 0.4) is 0 Å². The number of carbonyl (C=O) groups is 1. The smallest absolute Gasteiger partial charge is 0.254 e. The van der Waals surface area contributed by atoms with Crippen molar-refractivity contribution in [1.29, 1.82) is 0 Å². The van der Waals surface area contributed by atoms with Crippen molar-refractivity contribution in [2.75, 3.05) is 13.1 Å². The first-order valence-corrected chi connectivity index (χ1v) is 6.80. The van der Waals surface area contributed by atoms with Gasteiger partial charge in [0, 0.05) is 30.1 Å². The molecule has 2 rings (SSSR count). The van der Waals surface area contributed by atoms with Gasteiger partial charge in [0.1, 0.15) is 5.75 Å². The monoisotopic (exact) mass is 263 g/mol. The van der Waals surface area contributed by atoms with Crippen LogP contribution < -0.4 is 0 Å². The average molecular weight is 263 g/mol. The lowest BCUT2D eigenvalue weighted by Crippen LogP contribution is -2.45. The summed E-state index contributed by atoms with van der Waals surface area (Å²) in [6, 6.07) is 5.01. The fourth-order valence-corrected chi connectivity index (χ4v) is 2.63. The van der Waals surface area contributed by atoms with Crippen LogP contribution in [-0.2, 0) is 0 Å². The molecule has 1 aromatic carbocycles. The topological polar surface area (TPSA) is 60.8 Å². The molecule has 1 saturated heterocycles. The predicted molar refractivity (Wildman–Crippen MR) is 73.2 cm³/mol. The lowest BCUT2D eigenvalue weighted by molar-refractivity contribution is 0.0228. The highest BCUT2D eigenvalue weighted by atomic mass is 16.3. The van der Waals surface area contributed by atoms with Gasteiger partial charge in [-0.25, -0.2) is 0 Å². The molecule has 1 amide bonds. The standard InChI is InChI=1S/C15H21NO3/c1-3-11-9-16(8-7-14(11)18)15(19)12-5-4-6-13(17)10(12)2/h4-6,11,14,17-18H,3,7-9H2,1-2H3. The molecule has 1 heterocycles. The van der Waals surface area contributed by atoms with E-state index in [0.29, 0.717) is 30.6 Å². The van der Waals surface area contributed by atoms with E-state index < -0.39 is 0 Å². The van der Waals surface area contributed by atoms with Crippen LogP contribution in [0.4, 0.5) is 0 Å². The predicted octanol–water partition coefficient (Wildman–Crippen LogP) is 1.93. The summed E-state index contributed by atoms with van der Waals surface area (Å²) in [5, 5.41) is 19.5. The zero-order chi connectivity index (χ0) is 14.0. The molecule has 0 aromatic heterocycles. The number of hydrogen-bond acceptors (Lipinski definition) is 3. The number of hydrogen-bond donors (Lipinski definition) is 2. The fraction of sp³-hybridized carbons (Fsp3) is 0.533. The summed E-state index contributed by atoms with van der Waals surface area (Å²) in [5.74, 6) is 0.240. The summed E-state index contributed by atoms with van der Waals surface area (Å²) in [6.07, 6.45) is 1.19. The average Bonchev–Trinajstić information content (AvgIpc) is 2.41. The van der Waals surface area contributed by atoms with Crippen LogP contribution in [0.5, 0.6) is 5.75 Å². The molecule has 1 aliphatic rings. The number of aliphatic hydroxyl groups is 1. The van der Waals surface area contributed by atoms with Gasteiger partial charge in [0.25, 0.3) is 5.91 Å². The summed E-state index contributed by atoms with van der Waals surface area (Å²) in [6.45, 7) is 4.94. The lowest BCUT2D eigenvalue weighted by atomic mass is 9.92. The van der Waals surface area contributed by atoms with Crippen LogP contribution in [-0.4, -0.2) is 40.2 Å². The first-order valence-electron chi connectivity index (χ1n) is 6.80. The Kier molecular flexibility index (Phi) is 4.10. The first-order chi connectivity index (χ1) is 9.04. The van der Waals surface area contributed by atoms with Gasteiger partial charge in [-0.05, 0) is 31.9 Å². The van der Waals surface area contributed by atoms with Gasteiger partial charge in [-0.15, -0.1) is 0 Å². The second-order valence-corrected chi connectivity index (χ2v) is 5.23. The number of phenolic OH excluding ortho intramolecular Hbond substituents is 1. The molecule has 0 aliphatic carbocycles. The summed E-state index contributed by atoms with van der Waals surface area (Å²) in [5.41, 5.74) is 1.16. The SMILES string of the molecule is CCC1CN(C(=O)c2cccc(O)c2C)CCC1O. The highest BCUT2D eigenvalue weighted by molar-refractivity contribution is 5.96. The summed E-state index contributed by atoms with van der Waals surface area (Å²) >= 11 is 0. The minimum absolute atomic E-state index is 0.0567. The minimum atomic E-state index is -0.306. The Morgan fingerprint density at radius 3 is 2.89 bits per heavy atom. The third-order valence-corrected chi connectivity index (χ3v) is 4.04. The van der Waals surface area contributed by atoms with Crippen LogP contribution in [0.15, 0.2) is 18.2 Å². The molecule has 2 atom stereocenters. The number of nitrogens with zero attached hydrogens (tertiary/aromatic N) is 1. The Hall–Kier alpha value is -1.55. The van der Waals surface area contributed by atoms with Crippen LogP contribution in [0.1, 0.15) is 35.7 Å². The number of rotatable bonds is 2. The Labute approximate surface area is 113 Å². The molecule has 0 bridgehead atoms. The van der Waals surface area contributed by atoms with E-state index in [1.54, 1.807) is 30.0 Å². The van der Waals surface area contributed by atoms with Crippen molar-refractivity contribution in [3.05, 3.63) is 29.3 Å². The number of likely N-dealkylation sites (tertiary alicyclic amines) is 1. The molecule has 104 valence electrons. The molecule has 4 nitrogen and oxygen atoms in total. The molecule has 0 spiro atoms. The van der Waals surface area contributed by atoms with E-state index in [4.69, 9.17) is 0 Å². The van der Waals surface area contributed by atoms with Crippen molar-refractivity contribution in [2.45, 2.75) is 32.8 Å². The fourth-order valence-electron chi connectivity index (χ4n) is 2.63. The highest BCUT2D eigenvalue weighted by Crippen LogP contribution is 2.25. The summed E-state index contributed by atoms with van der Waals surface area (Å²) in [7, 11) is 0. The maximum absolute atomic E-state index is 12.5. The van der Waals surface area contributed by atoms with E-state index in [1.807, 2.05) is 6.92 Å². The van der Waals surface area contributed by atoms with Gasteiger partial charge in [-0.2, -0.15) is 0 Å². The number of piperidine rings is 1. The highest BCUT2D eigenvalue weighted by Gasteiger charge is 2.30. The largest absolute Gasteiger partial charge is 0.508 e. The summed E-state index contributed by atoms with van der Waals surface area (Å²) < 4.78 is 0. The van der Waals surface area contributed by atoms with E-state index in [9.17, 15) is 15.0 Å². The van der Waals surface area contributed by atoms with Gasteiger partial charge >= 0.3 is 0 Å². The number of carbonyl (C=O) groups excluding carboxylic acids is 1. The molecule has 19 heavy (non-hydrogen) atoms. The molecule has 1 aliphatic heterocycles. The van der Waals surface area contributed by atoms with Crippen LogP contribution in [0.2, 0.25) is 0 Å². The van der Waals surface area contributed by atoms with Crippen molar-refractivity contribution >= 4 is 5.91 Å². The molecule has 2 unspecified atom stereocenters. The number of phenols is 1. The van der Waals surface area contributed by atoms with Gasteiger partial charge in [-0.3, -0.25) is 4.79 Å². The van der Waals surface area contributed by atoms with Gasteiger partial charge in [0.05, 0.1) is 6.10 Å². The van der Waals surface area contributed by atoms with E-state index in [1.165, 1.54) is 0 Å². The number of amides is 1. The second-order valence-electron chi connectivity index (χ2n) is 5.23. The second kappa shape index (κ2) is 5.61. The molecular weight excluding hydrogens is 242 g/mol. The summed E-state index contributed by atoms with van der Waals surface area (Å²) in [4.78, 5) is 14.3. The van der Waals surface area contributed by atoms with Crippen LogP contribution in [0.25, 0.3) is 0 Å². The number of benzene rings is 1. The zero-order valence-electron chi connectivity index (χ0n) is 11.5. The van der Waals surface area contributed by atoms with E-state index in [0.717, 1.165) is 6.42 Å². The molecule has 0 saturated carbocycles. The Balaban J connectivity index is 2.18.